The summed E-state index contributed by atoms with van der Waals surface area (Å²) in [6.45, 7) is 0.105. The van der Waals surface area contributed by atoms with Crippen LogP contribution >= 0.6 is 0 Å². The first kappa shape index (κ1) is 15.1. The van der Waals surface area contributed by atoms with Crippen LogP contribution in [0.3, 0.4) is 0 Å². The van der Waals surface area contributed by atoms with E-state index in [1.54, 1.807) is 6.20 Å². The molecular formula is C12H16N4O4S. The first-order chi connectivity index (χ1) is 9.97. The van der Waals surface area contributed by atoms with Crippen molar-refractivity contribution in [2.75, 3.05) is 20.0 Å². The molecule has 0 radical (unpaired) electrons. The largest absolute Gasteiger partial charge is 0.495 e. The van der Waals surface area contributed by atoms with Gasteiger partial charge in [0, 0.05) is 24.4 Å². The number of aromatic nitrogens is 2. The Morgan fingerprint density at radius 2 is 2.00 bits per heavy atom. The summed E-state index contributed by atoms with van der Waals surface area (Å²) >= 11 is 0. The fourth-order valence-corrected chi connectivity index (χ4v) is 2.94. The van der Waals surface area contributed by atoms with Gasteiger partial charge in [0.2, 0.25) is 10.0 Å². The highest BCUT2D eigenvalue weighted by Crippen LogP contribution is 2.33. The van der Waals surface area contributed by atoms with Gasteiger partial charge in [-0.15, -0.1) is 0 Å². The lowest BCUT2D eigenvalue weighted by atomic mass is 10.3. The molecule has 0 saturated carbocycles. The van der Waals surface area contributed by atoms with E-state index < -0.39 is 10.0 Å². The van der Waals surface area contributed by atoms with Gasteiger partial charge in [0.1, 0.15) is 16.4 Å². The summed E-state index contributed by atoms with van der Waals surface area (Å²) < 4.78 is 37.3. The average molecular weight is 312 g/mol. The number of anilines is 1. The van der Waals surface area contributed by atoms with E-state index in [0.717, 1.165) is 0 Å². The maximum absolute atomic E-state index is 12.3. The smallest absolute Gasteiger partial charge is 0.244 e. The van der Waals surface area contributed by atoms with Gasteiger partial charge in [0.15, 0.2) is 0 Å². The molecule has 2 rings (SSSR count). The Morgan fingerprint density at radius 3 is 2.57 bits per heavy atom. The summed E-state index contributed by atoms with van der Waals surface area (Å²) in [5.41, 5.74) is 6.67. The van der Waals surface area contributed by atoms with Crippen molar-refractivity contribution in [1.29, 1.82) is 0 Å². The number of benzene rings is 1. The van der Waals surface area contributed by atoms with E-state index in [0.29, 0.717) is 11.3 Å². The zero-order chi connectivity index (χ0) is 15.5. The molecule has 21 heavy (non-hydrogen) atoms. The summed E-state index contributed by atoms with van der Waals surface area (Å²) in [6, 6.07) is 2.73. The average Bonchev–Trinajstić information content (AvgIpc) is 2.98. The van der Waals surface area contributed by atoms with Crippen molar-refractivity contribution < 1.29 is 17.9 Å². The lowest BCUT2D eigenvalue weighted by molar-refractivity contribution is 0.387. The van der Waals surface area contributed by atoms with Crippen molar-refractivity contribution in [3.05, 3.63) is 30.1 Å². The van der Waals surface area contributed by atoms with Crippen LogP contribution < -0.4 is 19.9 Å². The number of sulfonamides is 1. The number of nitrogens with two attached hydrogens (primary N) is 1. The molecule has 0 unspecified atom stereocenters. The molecule has 8 nitrogen and oxygen atoms in total. The summed E-state index contributed by atoms with van der Waals surface area (Å²) in [7, 11) is -0.963. The molecule has 0 aliphatic heterocycles. The van der Waals surface area contributed by atoms with Gasteiger partial charge in [-0.3, -0.25) is 5.10 Å². The fraction of sp³-hybridized carbons (Fsp3) is 0.250. The van der Waals surface area contributed by atoms with Crippen LogP contribution in [0.25, 0.3) is 0 Å². The van der Waals surface area contributed by atoms with Gasteiger partial charge in [-0.1, -0.05) is 0 Å². The Balaban J connectivity index is 2.32. The molecular weight excluding hydrogens is 296 g/mol. The molecule has 0 aliphatic rings. The van der Waals surface area contributed by atoms with Gasteiger partial charge in [-0.2, -0.15) is 5.10 Å². The molecule has 0 atom stereocenters. The summed E-state index contributed by atoms with van der Waals surface area (Å²) in [5.74, 6) is 0.501. The number of hydrogen-bond acceptors (Lipinski definition) is 6. The SMILES string of the molecule is COc1cc(OC)c(S(=O)(=O)NCc2cn[nH]c2)cc1N. The van der Waals surface area contributed by atoms with Crippen molar-refractivity contribution in [3.63, 3.8) is 0 Å². The van der Waals surface area contributed by atoms with Gasteiger partial charge in [-0.25, -0.2) is 13.1 Å². The predicted molar refractivity (Wildman–Crippen MR) is 76.6 cm³/mol. The van der Waals surface area contributed by atoms with E-state index in [1.165, 1.54) is 32.5 Å². The Bertz CT molecular complexity index is 713. The van der Waals surface area contributed by atoms with E-state index in [4.69, 9.17) is 15.2 Å². The summed E-state index contributed by atoms with van der Waals surface area (Å²) in [4.78, 5) is -0.0493. The third-order valence-corrected chi connectivity index (χ3v) is 4.25. The van der Waals surface area contributed by atoms with Crippen LogP contribution in [-0.2, 0) is 16.6 Å². The molecule has 2 aromatic rings. The molecule has 0 fully saturated rings. The maximum Gasteiger partial charge on any atom is 0.244 e. The first-order valence-electron chi connectivity index (χ1n) is 5.96. The van der Waals surface area contributed by atoms with Gasteiger partial charge in [0.05, 0.1) is 26.1 Å². The highest BCUT2D eigenvalue weighted by molar-refractivity contribution is 7.89. The maximum atomic E-state index is 12.3. The number of H-pyrrole nitrogens is 1. The monoisotopic (exact) mass is 312 g/mol. The molecule has 0 saturated heterocycles. The Hall–Kier alpha value is -2.26. The lowest BCUT2D eigenvalue weighted by Crippen LogP contribution is -2.23. The molecule has 1 aromatic heterocycles. The van der Waals surface area contributed by atoms with Crippen LogP contribution in [0.1, 0.15) is 5.56 Å². The number of nitrogen functional groups attached to an aromatic ring is 1. The number of aromatic amines is 1. The number of ether oxygens (including phenoxy) is 2. The number of hydrogen-bond donors (Lipinski definition) is 3. The quantitative estimate of drug-likeness (QED) is 0.668. The molecule has 0 amide bonds. The first-order valence-corrected chi connectivity index (χ1v) is 7.45. The minimum Gasteiger partial charge on any atom is -0.495 e. The predicted octanol–water partition coefficient (Wildman–Crippen LogP) is 0.488. The molecule has 1 aromatic carbocycles. The van der Waals surface area contributed by atoms with Crippen LogP contribution in [0.5, 0.6) is 11.5 Å². The van der Waals surface area contributed by atoms with Crippen LogP contribution in [0.4, 0.5) is 5.69 Å². The second kappa shape index (κ2) is 6.02. The number of nitrogens with one attached hydrogen (secondary N) is 2. The molecule has 0 aliphatic carbocycles. The van der Waals surface area contributed by atoms with E-state index in [2.05, 4.69) is 14.9 Å². The highest BCUT2D eigenvalue weighted by atomic mass is 32.2. The Morgan fingerprint density at radius 1 is 1.29 bits per heavy atom. The second-order valence-corrected chi connectivity index (χ2v) is 5.91. The molecule has 1 heterocycles. The zero-order valence-corrected chi connectivity index (χ0v) is 12.4. The molecule has 4 N–H and O–H groups in total. The van der Waals surface area contributed by atoms with Gasteiger partial charge >= 0.3 is 0 Å². The van der Waals surface area contributed by atoms with Gasteiger partial charge < -0.3 is 15.2 Å². The standard InChI is InChI=1S/C12H16N4O4S/c1-19-10-4-11(20-2)12(3-9(10)13)21(17,18)16-7-8-5-14-15-6-8/h3-6,16H,7,13H2,1-2H3,(H,14,15). The van der Waals surface area contributed by atoms with Crippen LogP contribution in [0.2, 0.25) is 0 Å². The van der Waals surface area contributed by atoms with Gasteiger partial charge in [0.25, 0.3) is 0 Å². The van der Waals surface area contributed by atoms with Crippen LogP contribution in [-0.4, -0.2) is 32.8 Å². The highest BCUT2D eigenvalue weighted by Gasteiger charge is 2.21. The van der Waals surface area contributed by atoms with Crippen molar-refractivity contribution >= 4 is 15.7 Å². The number of methoxy groups -OCH3 is 2. The third kappa shape index (κ3) is 3.26. The van der Waals surface area contributed by atoms with E-state index >= 15 is 0 Å². The van der Waals surface area contributed by atoms with Crippen molar-refractivity contribution in [1.82, 2.24) is 14.9 Å². The molecule has 0 bridgehead atoms. The third-order valence-electron chi connectivity index (χ3n) is 2.83. The van der Waals surface area contributed by atoms with E-state index in [9.17, 15) is 8.42 Å². The molecule has 0 spiro atoms. The number of rotatable bonds is 6. The van der Waals surface area contributed by atoms with Crippen LogP contribution in [0.15, 0.2) is 29.4 Å². The Kier molecular flexibility index (Phi) is 4.34. The van der Waals surface area contributed by atoms with Crippen molar-refractivity contribution in [3.8, 4) is 11.5 Å². The minimum atomic E-state index is -3.78. The molecule has 9 heteroatoms. The van der Waals surface area contributed by atoms with E-state index in [-0.39, 0.29) is 22.9 Å². The Labute approximate surface area is 122 Å². The molecule has 114 valence electrons. The summed E-state index contributed by atoms with van der Waals surface area (Å²) in [6.07, 6.45) is 3.13. The van der Waals surface area contributed by atoms with Crippen molar-refractivity contribution in [2.45, 2.75) is 11.4 Å². The number of nitrogens with zero attached hydrogens (tertiary/aromatic N) is 1. The van der Waals surface area contributed by atoms with Gasteiger partial charge in [-0.05, 0) is 6.07 Å². The van der Waals surface area contributed by atoms with Crippen molar-refractivity contribution in [2.24, 2.45) is 0 Å². The lowest BCUT2D eigenvalue weighted by Gasteiger charge is -2.13. The summed E-state index contributed by atoms with van der Waals surface area (Å²) in [5, 5.41) is 6.35. The fourth-order valence-electron chi connectivity index (χ4n) is 1.73. The normalized spacial score (nSPS) is 11.3. The second-order valence-electron chi connectivity index (χ2n) is 4.18. The topological polar surface area (TPSA) is 119 Å². The van der Waals surface area contributed by atoms with Crippen LogP contribution in [0, 0.1) is 0 Å². The zero-order valence-electron chi connectivity index (χ0n) is 11.6. The minimum absolute atomic E-state index is 0.0493. The van der Waals surface area contributed by atoms with E-state index in [1.807, 2.05) is 0 Å².